The van der Waals surface area contributed by atoms with E-state index in [0.29, 0.717) is 5.88 Å². The second-order valence-corrected chi connectivity index (χ2v) is 3.41. The van der Waals surface area contributed by atoms with Crippen molar-refractivity contribution in [3.05, 3.63) is 41.7 Å². The molecule has 0 N–H and O–H groups in total. The minimum absolute atomic E-state index is 0.567. The fourth-order valence-electron chi connectivity index (χ4n) is 1.38. The van der Waals surface area contributed by atoms with Gasteiger partial charge in [-0.2, -0.15) is 0 Å². The molecule has 0 radical (unpaired) electrons. The van der Waals surface area contributed by atoms with Crippen molar-refractivity contribution in [1.82, 2.24) is 4.98 Å². The normalized spacial score (nSPS) is 10.6. The van der Waals surface area contributed by atoms with E-state index in [2.05, 4.69) is 23.2 Å². The van der Waals surface area contributed by atoms with Crippen LogP contribution >= 0.6 is 11.6 Å². The first-order valence-corrected chi connectivity index (χ1v) is 4.74. The van der Waals surface area contributed by atoms with Crippen molar-refractivity contribution in [2.75, 3.05) is 0 Å². The largest absolute Gasteiger partial charge is 0.261 e. The zero-order valence-electron chi connectivity index (χ0n) is 7.42. The molecule has 0 amide bonds. The number of benzene rings is 1. The molecule has 0 aliphatic carbocycles. The molecule has 13 heavy (non-hydrogen) atoms. The molecule has 0 spiro atoms. The third kappa shape index (κ3) is 1.65. The number of rotatable bonds is 1. The monoisotopic (exact) mass is 191 g/mol. The Balaban J connectivity index is 2.68. The minimum Gasteiger partial charge on any atom is -0.261 e. The van der Waals surface area contributed by atoms with E-state index in [1.807, 2.05) is 19.2 Å². The molecule has 2 aromatic rings. The van der Waals surface area contributed by atoms with E-state index in [4.69, 9.17) is 11.6 Å². The number of aromatic nitrogens is 1. The van der Waals surface area contributed by atoms with Gasteiger partial charge in [0.05, 0.1) is 0 Å². The summed E-state index contributed by atoms with van der Waals surface area (Å²) < 4.78 is 0. The molecule has 0 aliphatic rings. The lowest BCUT2D eigenvalue weighted by Gasteiger charge is -2.00. The van der Waals surface area contributed by atoms with Crippen LogP contribution in [0.1, 0.15) is 11.3 Å². The van der Waals surface area contributed by atoms with E-state index in [1.165, 1.54) is 10.8 Å². The van der Waals surface area contributed by atoms with Gasteiger partial charge in [0.25, 0.3) is 0 Å². The predicted octanol–water partition coefficient (Wildman–Crippen LogP) is 3.28. The Bertz CT molecular complexity index is 437. The highest BCUT2D eigenvalue weighted by Gasteiger charge is 1.96. The van der Waals surface area contributed by atoms with Gasteiger partial charge in [0, 0.05) is 23.2 Å². The van der Waals surface area contributed by atoms with Crippen LogP contribution in [0.25, 0.3) is 10.8 Å². The molecule has 2 heteroatoms. The molecule has 0 saturated heterocycles. The number of fused-ring (bicyclic) bond motifs is 1. The molecular formula is C11H10ClN. The Morgan fingerprint density at radius 1 is 1.23 bits per heavy atom. The van der Waals surface area contributed by atoms with E-state index >= 15 is 0 Å². The number of pyridine rings is 1. The number of halogens is 1. The number of nitrogens with zero attached hydrogens (tertiary/aromatic N) is 1. The van der Waals surface area contributed by atoms with Gasteiger partial charge in [0.2, 0.25) is 0 Å². The smallest absolute Gasteiger partial charge is 0.0474 e. The first kappa shape index (κ1) is 8.52. The van der Waals surface area contributed by atoms with Crippen LogP contribution in [0, 0.1) is 6.92 Å². The molecule has 1 aromatic heterocycles. The maximum absolute atomic E-state index is 5.75. The molecule has 1 heterocycles. The second kappa shape index (κ2) is 3.35. The van der Waals surface area contributed by atoms with Gasteiger partial charge >= 0.3 is 0 Å². The van der Waals surface area contributed by atoms with E-state index in [9.17, 15) is 0 Å². The van der Waals surface area contributed by atoms with Crippen molar-refractivity contribution >= 4 is 22.4 Å². The summed E-state index contributed by atoms with van der Waals surface area (Å²) in [5.41, 5.74) is 2.19. The Hall–Kier alpha value is -1.08. The zero-order chi connectivity index (χ0) is 9.26. The van der Waals surface area contributed by atoms with E-state index < -0.39 is 0 Å². The molecule has 0 unspecified atom stereocenters. The lowest BCUT2D eigenvalue weighted by atomic mass is 10.1. The fraction of sp³-hybridized carbons (Fsp3) is 0.182. The molecule has 2 rings (SSSR count). The van der Waals surface area contributed by atoms with Crippen molar-refractivity contribution in [3.63, 3.8) is 0 Å². The van der Waals surface area contributed by atoms with Crippen LogP contribution in [0.2, 0.25) is 0 Å². The van der Waals surface area contributed by atoms with Crippen LogP contribution in [0.3, 0.4) is 0 Å². The molecule has 1 nitrogen and oxygen atoms in total. The quantitative estimate of drug-likeness (QED) is 0.631. The summed E-state index contributed by atoms with van der Waals surface area (Å²) in [7, 11) is 0. The molecule has 1 aromatic carbocycles. The Morgan fingerprint density at radius 2 is 2.08 bits per heavy atom. The SMILES string of the molecule is Cc1cc2cc(CCl)ccc2cn1. The third-order valence-electron chi connectivity index (χ3n) is 2.08. The number of hydrogen-bond acceptors (Lipinski definition) is 1. The summed E-state index contributed by atoms with van der Waals surface area (Å²) in [5, 5.41) is 2.38. The first-order valence-electron chi connectivity index (χ1n) is 4.21. The minimum atomic E-state index is 0.567. The van der Waals surface area contributed by atoms with Crippen molar-refractivity contribution in [2.24, 2.45) is 0 Å². The first-order chi connectivity index (χ1) is 6.29. The van der Waals surface area contributed by atoms with Crippen LogP contribution in [0.4, 0.5) is 0 Å². The third-order valence-corrected chi connectivity index (χ3v) is 2.39. The Kier molecular flexibility index (Phi) is 2.19. The average Bonchev–Trinajstić information content (AvgIpc) is 2.16. The molecular weight excluding hydrogens is 182 g/mol. The lowest BCUT2D eigenvalue weighted by molar-refractivity contribution is 1.22. The summed E-state index contributed by atoms with van der Waals surface area (Å²) in [6.45, 7) is 1.99. The number of aryl methyl sites for hydroxylation is 1. The summed E-state index contributed by atoms with van der Waals surface area (Å²) in [5.74, 6) is 0.567. The van der Waals surface area contributed by atoms with E-state index in [1.54, 1.807) is 0 Å². The molecule has 0 saturated carbocycles. The van der Waals surface area contributed by atoms with Gasteiger partial charge in [-0.3, -0.25) is 4.98 Å². The maximum atomic E-state index is 5.75. The molecule has 0 fully saturated rings. The maximum Gasteiger partial charge on any atom is 0.0474 e. The van der Waals surface area contributed by atoms with Crippen LogP contribution in [0.15, 0.2) is 30.5 Å². The summed E-state index contributed by atoms with van der Waals surface area (Å²) in [6, 6.07) is 8.27. The molecule has 0 bridgehead atoms. The van der Waals surface area contributed by atoms with Crippen molar-refractivity contribution in [3.8, 4) is 0 Å². The summed E-state index contributed by atoms with van der Waals surface area (Å²) in [4.78, 5) is 4.23. The lowest BCUT2D eigenvalue weighted by Crippen LogP contribution is -1.83. The van der Waals surface area contributed by atoms with Crippen LogP contribution in [0.5, 0.6) is 0 Å². The second-order valence-electron chi connectivity index (χ2n) is 3.14. The number of hydrogen-bond donors (Lipinski definition) is 0. The average molecular weight is 192 g/mol. The zero-order valence-corrected chi connectivity index (χ0v) is 8.17. The van der Waals surface area contributed by atoms with Gasteiger partial charge < -0.3 is 0 Å². The van der Waals surface area contributed by atoms with E-state index in [0.717, 1.165) is 11.3 Å². The highest BCUT2D eigenvalue weighted by Crippen LogP contribution is 2.16. The molecule has 0 atom stereocenters. The van der Waals surface area contributed by atoms with Gasteiger partial charge in [-0.25, -0.2) is 0 Å². The Labute approximate surface area is 82.4 Å². The fourth-order valence-corrected chi connectivity index (χ4v) is 1.55. The van der Waals surface area contributed by atoms with Crippen molar-refractivity contribution in [1.29, 1.82) is 0 Å². The van der Waals surface area contributed by atoms with Crippen molar-refractivity contribution < 1.29 is 0 Å². The summed E-state index contributed by atoms with van der Waals surface area (Å²) >= 11 is 5.75. The highest BCUT2D eigenvalue weighted by atomic mass is 35.5. The topological polar surface area (TPSA) is 12.9 Å². The predicted molar refractivity (Wildman–Crippen MR) is 56.0 cm³/mol. The van der Waals surface area contributed by atoms with Crippen LogP contribution < -0.4 is 0 Å². The van der Waals surface area contributed by atoms with Crippen LogP contribution in [-0.4, -0.2) is 4.98 Å². The van der Waals surface area contributed by atoms with Gasteiger partial charge in [-0.1, -0.05) is 12.1 Å². The molecule has 66 valence electrons. The van der Waals surface area contributed by atoms with Crippen molar-refractivity contribution in [2.45, 2.75) is 12.8 Å². The highest BCUT2D eigenvalue weighted by molar-refractivity contribution is 6.17. The van der Waals surface area contributed by atoms with Crippen LogP contribution in [-0.2, 0) is 5.88 Å². The van der Waals surface area contributed by atoms with Gasteiger partial charge in [0.15, 0.2) is 0 Å². The van der Waals surface area contributed by atoms with E-state index in [-0.39, 0.29) is 0 Å². The Morgan fingerprint density at radius 3 is 2.85 bits per heavy atom. The molecule has 0 aliphatic heterocycles. The van der Waals surface area contributed by atoms with Gasteiger partial charge in [-0.15, -0.1) is 11.6 Å². The summed E-state index contributed by atoms with van der Waals surface area (Å²) in [6.07, 6.45) is 1.89. The standard InChI is InChI=1S/C11H10ClN/c1-8-4-11-5-9(6-12)2-3-10(11)7-13-8/h2-5,7H,6H2,1H3. The van der Waals surface area contributed by atoms with Gasteiger partial charge in [-0.05, 0) is 30.0 Å². The van der Waals surface area contributed by atoms with Gasteiger partial charge in [0.1, 0.15) is 0 Å². The number of alkyl halides is 1.